The number of hydrogen-bond donors (Lipinski definition) is 0. The van der Waals surface area contributed by atoms with Gasteiger partial charge in [-0.25, -0.2) is 0 Å². The average Bonchev–Trinajstić information content (AvgIpc) is 2.33. The zero-order valence-corrected chi connectivity index (χ0v) is 8.67. The van der Waals surface area contributed by atoms with E-state index in [1.54, 1.807) is 12.4 Å². The van der Waals surface area contributed by atoms with Crippen LogP contribution in [-0.2, 0) is 20.4 Å². The van der Waals surface area contributed by atoms with Crippen molar-refractivity contribution < 1.29 is 20.4 Å². The van der Waals surface area contributed by atoms with Gasteiger partial charge in [0.25, 0.3) is 0 Å². The minimum Gasteiger partial charge on any atom is -0.441 e. The molecule has 2 heterocycles. The SMILES string of the molecule is Cc1cnc2[n-]ncc2c1.[Re]. The molecule has 11 heavy (non-hydrogen) atoms. The van der Waals surface area contributed by atoms with Crippen LogP contribution in [0, 0.1) is 6.92 Å². The first kappa shape index (κ1) is 8.38. The van der Waals surface area contributed by atoms with E-state index in [-0.39, 0.29) is 20.4 Å². The largest absolute Gasteiger partial charge is 0.441 e. The molecule has 1 radical (unpaired) electrons. The quantitative estimate of drug-likeness (QED) is 0.724. The fourth-order valence-corrected chi connectivity index (χ4v) is 0.909. The maximum Gasteiger partial charge on any atom is 0.0331 e. The molecule has 0 atom stereocenters. The number of rotatable bonds is 0. The molecular weight excluding hydrogens is 312 g/mol. The Morgan fingerprint density at radius 2 is 2.18 bits per heavy atom. The van der Waals surface area contributed by atoms with Crippen molar-refractivity contribution in [3.05, 3.63) is 24.0 Å². The van der Waals surface area contributed by atoms with Crippen molar-refractivity contribution in [3.63, 3.8) is 0 Å². The Morgan fingerprint density at radius 3 is 3.00 bits per heavy atom. The second-order valence-electron chi connectivity index (χ2n) is 2.27. The first-order chi connectivity index (χ1) is 4.86. The van der Waals surface area contributed by atoms with Crippen molar-refractivity contribution >= 4 is 11.0 Å². The molecule has 4 heteroatoms. The molecule has 0 aliphatic heterocycles. The number of aryl methyl sites for hydroxylation is 1. The van der Waals surface area contributed by atoms with E-state index in [4.69, 9.17) is 0 Å². The molecule has 0 N–H and O–H groups in total. The van der Waals surface area contributed by atoms with Gasteiger partial charge in [0.05, 0.1) is 0 Å². The van der Waals surface area contributed by atoms with Crippen LogP contribution in [0.3, 0.4) is 0 Å². The van der Waals surface area contributed by atoms with Gasteiger partial charge in [0.15, 0.2) is 0 Å². The Balaban J connectivity index is 0.000000605. The number of hydrogen-bond acceptors (Lipinski definition) is 2. The molecule has 0 saturated carbocycles. The van der Waals surface area contributed by atoms with Crippen molar-refractivity contribution in [1.82, 2.24) is 15.2 Å². The maximum atomic E-state index is 4.07. The molecular formula is C7H6N3Re-. The molecule has 57 valence electrons. The van der Waals surface area contributed by atoms with E-state index in [1.807, 2.05) is 13.0 Å². The fourth-order valence-electron chi connectivity index (χ4n) is 0.909. The topological polar surface area (TPSA) is 39.9 Å². The summed E-state index contributed by atoms with van der Waals surface area (Å²) in [6.07, 6.45) is 3.51. The van der Waals surface area contributed by atoms with Gasteiger partial charge in [-0.15, -0.1) is 0 Å². The monoisotopic (exact) mass is 319 g/mol. The number of aromatic nitrogens is 3. The third kappa shape index (κ3) is 1.47. The second kappa shape index (κ2) is 3.12. The number of pyridine rings is 1. The van der Waals surface area contributed by atoms with Gasteiger partial charge in [-0.05, 0) is 18.0 Å². The van der Waals surface area contributed by atoms with Crippen LogP contribution in [0.5, 0.6) is 0 Å². The van der Waals surface area contributed by atoms with Crippen LogP contribution in [0.2, 0.25) is 0 Å². The van der Waals surface area contributed by atoms with Crippen molar-refractivity contribution in [3.8, 4) is 0 Å². The summed E-state index contributed by atoms with van der Waals surface area (Å²) in [5.41, 5.74) is 1.87. The van der Waals surface area contributed by atoms with Gasteiger partial charge < -0.3 is 10.1 Å². The van der Waals surface area contributed by atoms with Gasteiger partial charge in [0.2, 0.25) is 0 Å². The van der Waals surface area contributed by atoms with Gasteiger partial charge >= 0.3 is 0 Å². The van der Waals surface area contributed by atoms with E-state index in [1.165, 1.54) is 0 Å². The van der Waals surface area contributed by atoms with Crippen molar-refractivity contribution in [2.45, 2.75) is 6.92 Å². The van der Waals surface area contributed by atoms with Gasteiger partial charge in [0, 0.05) is 26.6 Å². The van der Waals surface area contributed by atoms with Gasteiger partial charge in [-0.1, -0.05) is 17.8 Å². The van der Waals surface area contributed by atoms with Crippen LogP contribution >= 0.6 is 0 Å². The molecule has 0 aliphatic carbocycles. The molecule has 0 fully saturated rings. The molecule has 0 bridgehead atoms. The Bertz CT molecular complexity index is 355. The van der Waals surface area contributed by atoms with E-state index in [0.29, 0.717) is 0 Å². The standard InChI is InChI=1S/C7H6N3.Re/c1-5-2-6-4-9-10-7(6)8-3-5;/h2-4H,1H3;/q-1;. The Hall–Kier alpha value is -0.718. The minimum absolute atomic E-state index is 0. The summed E-state index contributed by atoms with van der Waals surface area (Å²) >= 11 is 0. The summed E-state index contributed by atoms with van der Waals surface area (Å²) in [6.45, 7) is 2.00. The van der Waals surface area contributed by atoms with Gasteiger partial charge in [-0.2, -0.15) is 0 Å². The fraction of sp³-hybridized carbons (Fsp3) is 0.143. The summed E-state index contributed by atoms with van der Waals surface area (Å²) < 4.78 is 0. The Morgan fingerprint density at radius 1 is 1.36 bits per heavy atom. The summed E-state index contributed by atoms with van der Waals surface area (Å²) in [6, 6.07) is 2.02. The Labute approximate surface area is 77.9 Å². The molecule has 0 unspecified atom stereocenters. The summed E-state index contributed by atoms with van der Waals surface area (Å²) in [5.74, 6) is 0. The van der Waals surface area contributed by atoms with Crippen LogP contribution in [0.4, 0.5) is 0 Å². The first-order valence-electron chi connectivity index (χ1n) is 3.07. The first-order valence-corrected chi connectivity index (χ1v) is 3.07. The van der Waals surface area contributed by atoms with Crippen LogP contribution in [0.25, 0.3) is 11.0 Å². The normalized spacial score (nSPS) is 9.55. The molecule has 2 rings (SSSR count). The predicted molar refractivity (Wildman–Crippen MR) is 37.6 cm³/mol. The van der Waals surface area contributed by atoms with E-state index in [9.17, 15) is 0 Å². The molecule has 0 aromatic carbocycles. The molecule has 0 aliphatic rings. The van der Waals surface area contributed by atoms with Crippen LogP contribution in [-0.4, -0.2) is 10.1 Å². The van der Waals surface area contributed by atoms with E-state index in [0.717, 1.165) is 16.6 Å². The summed E-state index contributed by atoms with van der Waals surface area (Å²) in [4.78, 5) is 4.07. The number of fused-ring (bicyclic) bond motifs is 1. The van der Waals surface area contributed by atoms with Gasteiger partial charge in [0.1, 0.15) is 0 Å². The van der Waals surface area contributed by atoms with Gasteiger partial charge in [-0.3, -0.25) is 5.10 Å². The molecule has 2 aromatic heterocycles. The maximum absolute atomic E-state index is 4.07. The Kier molecular flexibility index (Phi) is 2.38. The van der Waals surface area contributed by atoms with Crippen molar-refractivity contribution in [2.75, 3.05) is 0 Å². The zero-order valence-electron chi connectivity index (χ0n) is 5.95. The summed E-state index contributed by atoms with van der Waals surface area (Å²) in [5, 5.41) is 8.54. The third-order valence-corrected chi connectivity index (χ3v) is 1.38. The molecule has 0 spiro atoms. The van der Waals surface area contributed by atoms with E-state index < -0.39 is 0 Å². The second-order valence-corrected chi connectivity index (χ2v) is 2.27. The minimum atomic E-state index is 0. The van der Waals surface area contributed by atoms with Crippen LogP contribution in [0.1, 0.15) is 5.56 Å². The van der Waals surface area contributed by atoms with E-state index in [2.05, 4.69) is 15.2 Å². The average molecular weight is 318 g/mol. The molecule has 2 aromatic rings. The van der Waals surface area contributed by atoms with Crippen molar-refractivity contribution in [1.29, 1.82) is 0 Å². The smallest absolute Gasteiger partial charge is 0.0331 e. The molecule has 0 amide bonds. The van der Waals surface area contributed by atoms with Crippen LogP contribution < -0.4 is 5.10 Å². The molecule has 3 nitrogen and oxygen atoms in total. The zero-order chi connectivity index (χ0) is 6.97. The summed E-state index contributed by atoms with van der Waals surface area (Å²) in [7, 11) is 0. The van der Waals surface area contributed by atoms with Crippen molar-refractivity contribution in [2.24, 2.45) is 0 Å². The van der Waals surface area contributed by atoms with E-state index >= 15 is 0 Å². The predicted octanol–water partition coefficient (Wildman–Crippen LogP) is 0.893. The third-order valence-electron chi connectivity index (χ3n) is 1.38. The van der Waals surface area contributed by atoms with Crippen LogP contribution in [0.15, 0.2) is 18.5 Å². The molecule has 0 saturated heterocycles. The number of nitrogens with zero attached hydrogens (tertiary/aromatic N) is 3.